The number of ether oxygens (including phenoxy) is 2. The van der Waals surface area contributed by atoms with Crippen LogP contribution in [0.15, 0.2) is 56.9 Å². The quantitative estimate of drug-likeness (QED) is 0.224. The lowest BCUT2D eigenvalue weighted by molar-refractivity contribution is 0.0697. The molecule has 2 aromatic carbocycles. The zero-order valence-corrected chi connectivity index (χ0v) is 18.5. The lowest BCUT2D eigenvalue weighted by Crippen LogP contribution is -2.09. The normalized spacial score (nSPS) is 10.9. The van der Waals surface area contributed by atoms with Gasteiger partial charge in [-0.2, -0.15) is 0 Å². The number of hydrogen-bond donors (Lipinski definition) is 1. The Morgan fingerprint density at radius 2 is 1.71 bits per heavy atom. The number of carbonyl (C=O) groups is 2. The summed E-state index contributed by atoms with van der Waals surface area (Å²) in [6.07, 6.45) is 0.219. The Kier molecular flexibility index (Phi) is 5.85. The predicted octanol–water partition coefficient (Wildman–Crippen LogP) is 5.27. The van der Waals surface area contributed by atoms with Crippen molar-refractivity contribution in [3.8, 4) is 33.9 Å². The van der Waals surface area contributed by atoms with Gasteiger partial charge < -0.3 is 19.0 Å². The van der Waals surface area contributed by atoms with Gasteiger partial charge in [0.2, 0.25) is 11.2 Å². The van der Waals surface area contributed by atoms with Crippen LogP contribution in [0.5, 0.6) is 11.5 Å². The first-order chi connectivity index (χ1) is 16.4. The van der Waals surface area contributed by atoms with Crippen LogP contribution in [0.2, 0.25) is 0 Å². The van der Waals surface area contributed by atoms with Crippen molar-refractivity contribution in [2.45, 2.75) is 13.3 Å². The van der Waals surface area contributed by atoms with Crippen molar-refractivity contribution < 1.29 is 28.6 Å². The molecule has 0 atom stereocenters. The van der Waals surface area contributed by atoms with Gasteiger partial charge in [0.25, 0.3) is 0 Å². The van der Waals surface area contributed by atoms with Gasteiger partial charge in [-0.15, -0.1) is 4.91 Å². The number of aromatic carboxylic acids is 1. The number of methoxy groups -OCH3 is 2. The molecule has 0 aromatic heterocycles. The van der Waals surface area contributed by atoms with Crippen molar-refractivity contribution in [2.24, 2.45) is 5.18 Å². The second kappa shape index (κ2) is 8.78. The third-order valence-corrected chi connectivity index (χ3v) is 5.58. The minimum Gasteiger partial charge on any atom is -0.491 e. The van der Waals surface area contributed by atoms with Crippen LogP contribution < -0.4 is 14.9 Å². The second-order valence-corrected chi connectivity index (χ2v) is 7.38. The second-order valence-electron chi connectivity index (χ2n) is 7.38. The van der Waals surface area contributed by atoms with Gasteiger partial charge in [0, 0.05) is 28.5 Å². The van der Waals surface area contributed by atoms with Crippen molar-refractivity contribution in [1.82, 2.24) is 0 Å². The standard InChI is InChI=1S/C25H19NO8/c1-4-18(27)12-5-6-13(16(11-12)25(29)30)20-14-7-9-17(26-31)23(32-2)21(14)34-22-15(20)8-10-19(28)24(22)33-3/h5-11H,4H2,1-3H3,(H,29,30). The Bertz CT molecular complexity index is 1500. The highest BCUT2D eigenvalue weighted by Gasteiger charge is 2.27. The number of nitroso groups, excluding NO2 is 1. The van der Waals surface area contributed by atoms with Crippen molar-refractivity contribution in [1.29, 1.82) is 0 Å². The monoisotopic (exact) mass is 461 g/mol. The van der Waals surface area contributed by atoms with E-state index in [4.69, 9.17) is 13.9 Å². The zero-order valence-electron chi connectivity index (χ0n) is 18.5. The fourth-order valence-corrected chi connectivity index (χ4v) is 4.01. The van der Waals surface area contributed by atoms with Crippen LogP contribution >= 0.6 is 0 Å². The van der Waals surface area contributed by atoms with Gasteiger partial charge >= 0.3 is 5.97 Å². The maximum Gasteiger partial charge on any atom is 0.336 e. The summed E-state index contributed by atoms with van der Waals surface area (Å²) in [5.74, 6) is -1.48. The van der Waals surface area contributed by atoms with Gasteiger partial charge in [-0.05, 0) is 41.1 Å². The van der Waals surface area contributed by atoms with Gasteiger partial charge in [-0.25, -0.2) is 4.79 Å². The molecule has 1 heterocycles. The number of carboxylic acids is 1. The molecule has 0 bridgehead atoms. The highest BCUT2D eigenvalue weighted by Crippen LogP contribution is 2.48. The number of benzene rings is 3. The molecular weight excluding hydrogens is 442 g/mol. The largest absolute Gasteiger partial charge is 0.491 e. The van der Waals surface area contributed by atoms with Crippen LogP contribution in [0, 0.1) is 4.91 Å². The van der Waals surface area contributed by atoms with Crippen molar-refractivity contribution >= 4 is 28.4 Å². The maximum atomic E-state index is 12.4. The number of carboxylic acid groups (broad SMARTS) is 1. The van der Waals surface area contributed by atoms with E-state index in [1.54, 1.807) is 19.1 Å². The highest BCUT2D eigenvalue weighted by molar-refractivity contribution is 6.11. The van der Waals surface area contributed by atoms with Crippen LogP contribution in [-0.4, -0.2) is 31.1 Å². The van der Waals surface area contributed by atoms with Gasteiger partial charge in [-0.3, -0.25) is 9.59 Å². The van der Waals surface area contributed by atoms with Crippen LogP contribution in [0.3, 0.4) is 0 Å². The van der Waals surface area contributed by atoms with Gasteiger partial charge in [0.15, 0.2) is 28.6 Å². The van der Waals surface area contributed by atoms with E-state index < -0.39 is 11.4 Å². The Hall–Kier alpha value is -4.53. The minimum absolute atomic E-state index is 0.0173. The number of ketones is 1. The third kappa shape index (κ3) is 3.47. The summed E-state index contributed by atoms with van der Waals surface area (Å²) in [6, 6.07) is 10.2. The molecule has 1 aliphatic carbocycles. The molecule has 0 fully saturated rings. The van der Waals surface area contributed by atoms with E-state index in [0.717, 1.165) is 0 Å². The molecule has 1 aliphatic heterocycles. The van der Waals surface area contributed by atoms with Crippen LogP contribution in [0.1, 0.15) is 34.1 Å². The topological polar surface area (TPSA) is 132 Å². The number of nitrogens with zero attached hydrogens (tertiary/aromatic N) is 1. The summed E-state index contributed by atoms with van der Waals surface area (Å²) in [5, 5.41) is 13.4. The molecular formula is C25H19NO8. The fourth-order valence-electron chi connectivity index (χ4n) is 4.01. The summed E-state index contributed by atoms with van der Waals surface area (Å²) in [7, 11) is 2.64. The highest BCUT2D eigenvalue weighted by atomic mass is 16.5. The molecule has 0 unspecified atom stereocenters. The van der Waals surface area contributed by atoms with E-state index >= 15 is 0 Å². The smallest absolute Gasteiger partial charge is 0.336 e. The lowest BCUT2D eigenvalue weighted by Gasteiger charge is -2.19. The van der Waals surface area contributed by atoms with E-state index in [0.29, 0.717) is 16.5 Å². The van der Waals surface area contributed by atoms with E-state index in [1.165, 1.54) is 44.6 Å². The van der Waals surface area contributed by atoms with Crippen molar-refractivity contribution in [2.75, 3.05) is 14.2 Å². The summed E-state index contributed by atoms with van der Waals surface area (Å²) < 4.78 is 16.7. The molecule has 9 nitrogen and oxygen atoms in total. The average molecular weight is 461 g/mol. The molecule has 0 spiro atoms. The number of fused-ring (bicyclic) bond motifs is 2. The van der Waals surface area contributed by atoms with E-state index in [-0.39, 0.29) is 57.4 Å². The minimum atomic E-state index is -1.24. The summed E-state index contributed by atoms with van der Waals surface area (Å²) in [5.41, 5.74) is 0.820. The predicted molar refractivity (Wildman–Crippen MR) is 125 cm³/mol. The SMILES string of the molecule is CCC(=O)c1ccc(-c2c3ccc(=O)c(OC)c-3oc3c(OC)c(N=O)ccc23)c(C(=O)O)c1. The first-order valence-corrected chi connectivity index (χ1v) is 10.2. The Morgan fingerprint density at radius 3 is 2.32 bits per heavy atom. The first-order valence-electron chi connectivity index (χ1n) is 10.2. The fraction of sp³-hybridized carbons (Fsp3) is 0.160. The molecule has 0 radical (unpaired) electrons. The van der Waals surface area contributed by atoms with E-state index in [9.17, 15) is 24.4 Å². The van der Waals surface area contributed by atoms with Gasteiger partial charge in [0.1, 0.15) is 0 Å². The molecule has 0 amide bonds. The van der Waals surface area contributed by atoms with E-state index in [2.05, 4.69) is 5.18 Å². The number of Topliss-reactive ketones (excluding diaryl/α,β-unsaturated/α-hetero) is 1. The van der Waals surface area contributed by atoms with Crippen LogP contribution in [-0.2, 0) is 0 Å². The van der Waals surface area contributed by atoms with Crippen LogP contribution in [0.25, 0.3) is 33.4 Å². The molecule has 0 saturated carbocycles. The molecule has 1 N–H and O–H groups in total. The number of rotatable bonds is 7. The van der Waals surface area contributed by atoms with Gasteiger partial charge in [-0.1, -0.05) is 19.1 Å². The maximum absolute atomic E-state index is 12.4. The first kappa shape index (κ1) is 22.7. The molecule has 34 heavy (non-hydrogen) atoms. The summed E-state index contributed by atoms with van der Waals surface area (Å²) >= 11 is 0. The summed E-state index contributed by atoms with van der Waals surface area (Å²) in [4.78, 5) is 48.2. The molecule has 2 aliphatic rings. The Balaban J connectivity index is 2.23. The molecule has 0 saturated heterocycles. The zero-order chi connectivity index (χ0) is 24.6. The molecule has 2 aromatic rings. The van der Waals surface area contributed by atoms with E-state index in [1.807, 2.05) is 0 Å². The van der Waals surface area contributed by atoms with Crippen LogP contribution in [0.4, 0.5) is 5.69 Å². The third-order valence-electron chi connectivity index (χ3n) is 5.58. The molecule has 9 heteroatoms. The van der Waals surface area contributed by atoms with Gasteiger partial charge in [0.05, 0.1) is 19.8 Å². The Morgan fingerprint density at radius 1 is 1.00 bits per heavy atom. The number of hydrogen-bond acceptors (Lipinski definition) is 8. The average Bonchev–Trinajstić information content (AvgIpc) is 2.85. The van der Waals surface area contributed by atoms with Crippen molar-refractivity contribution in [3.05, 3.63) is 68.7 Å². The lowest BCUT2D eigenvalue weighted by atomic mass is 9.89. The molecule has 4 rings (SSSR count). The molecule has 172 valence electrons. The number of carbonyl (C=O) groups excluding carboxylic acids is 1. The van der Waals surface area contributed by atoms with Crippen molar-refractivity contribution in [3.63, 3.8) is 0 Å². The Labute approximate surface area is 192 Å². The summed E-state index contributed by atoms with van der Waals surface area (Å²) in [6.45, 7) is 1.69.